The predicted molar refractivity (Wildman–Crippen MR) is 101 cm³/mol. The van der Waals surface area contributed by atoms with E-state index in [9.17, 15) is 14.1 Å². The molecule has 3 rings (SSSR count). The molecule has 0 aliphatic heterocycles. The third kappa shape index (κ3) is 3.50. The maximum atomic E-state index is 12.4. The number of hydrogen-bond donors (Lipinski definition) is 3. The maximum absolute atomic E-state index is 12.4. The number of carboxylic acids is 1. The minimum absolute atomic E-state index is 0.0927. The molecule has 0 spiro atoms. The van der Waals surface area contributed by atoms with Gasteiger partial charge in [0, 0.05) is 16.0 Å². The number of aromatic amines is 1. The highest BCUT2D eigenvalue weighted by Crippen LogP contribution is 2.33. The summed E-state index contributed by atoms with van der Waals surface area (Å²) in [5.74, 6) is -0.477. The normalized spacial score (nSPS) is 12.4. The molecule has 2 heterocycles. The van der Waals surface area contributed by atoms with Gasteiger partial charge in [-0.25, -0.2) is 4.79 Å². The average molecular weight is 381 g/mol. The Morgan fingerprint density at radius 3 is 2.92 bits per heavy atom. The van der Waals surface area contributed by atoms with Crippen LogP contribution in [0.1, 0.15) is 23.8 Å². The van der Waals surface area contributed by atoms with Crippen molar-refractivity contribution in [2.75, 3.05) is 10.5 Å². The van der Waals surface area contributed by atoms with Gasteiger partial charge in [-0.1, -0.05) is 13.0 Å². The molecule has 0 amide bonds. The number of thiophene rings is 1. The van der Waals surface area contributed by atoms with Crippen LogP contribution in [0.25, 0.3) is 10.9 Å². The van der Waals surface area contributed by atoms with E-state index in [1.54, 1.807) is 17.4 Å². The first-order valence-corrected chi connectivity index (χ1v) is 10.4. The molecule has 1 atom stereocenters. The van der Waals surface area contributed by atoms with E-state index in [4.69, 9.17) is 0 Å². The Hall–Kier alpha value is -1.77. The molecule has 0 bridgehead atoms. The number of carboxylic acid groups (broad SMARTS) is 1. The molecular weight excluding hydrogens is 364 g/mol. The standard InChI is InChI=1S/C16H16N2O3S3/c1-2-8-24(21)13-6-5-11(18-23-14-4-3-7-22-14)15-10(13)9-12(17-15)16(19)20/h3-7,9,17-18H,2,8H2,1H3,(H,19,20). The molecule has 0 aliphatic rings. The Bertz CT molecular complexity index is 887. The lowest BCUT2D eigenvalue weighted by molar-refractivity contribution is 0.0691. The largest absolute Gasteiger partial charge is 0.477 e. The quantitative estimate of drug-likeness (QED) is 0.523. The zero-order valence-electron chi connectivity index (χ0n) is 12.9. The SMILES string of the molecule is CCCS(=O)c1ccc(NSc2cccs2)c2[nH]c(C(=O)O)cc12. The third-order valence-corrected chi connectivity index (χ3v) is 6.86. The molecule has 5 nitrogen and oxygen atoms in total. The number of carbonyl (C=O) groups is 1. The number of rotatable bonds is 7. The van der Waals surface area contributed by atoms with E-state index >= 15 is 0 Å². The minimum Gasteiger partial charge on any atom is -0.477 e. The van der Waals surface area contributed by atoms with Crippen molar-refractivity contribution in [1.29, 1.82) is 0 Å². The van der Waals surface area contributed by atoms with Gasteiger partial charge in [-0.15, -0.1) is 11.3 Å². The van der Waals surface area contributed by atoms with Gasteiger partial charge in [0.25, 0.3) is 0 Å². The van der Waals surface area contributed by atoms with Crippen molar-refractivity contribution in [1.82, 2.24) is 4.98 Å². The summed E-state index contributed by atoms with van der Waals surface area (Å²) in [5.41, 5.74) is 1.53. The Morgan fingerprint density at radius 1 is 1.42 bits per heavy atom. The van der Waals surface area contributed by atoms with E-state index in [1.165, 1.54) is 11.9 Å². The predicted octanol–water partition coefficient (Wildman–Crippen LogP) is 4.56. The molecule has 3 N–H and O–H groups in total. The second kappa shape index (κ2) is 7.42. The van der Waals surface area contributed by atoms with Crippen LogP contribution in [0.4, 0.5) is 5.69 Å². The summed E-state index contributed by atoms with van der Waals surface area (Å²) in [7, 11) is -1.15. The topological polar surface area (TPSA) is 82.2 Å². The first kappa shape index (κ1) is 17.1. The van der Waals surface area contributed by atoms with Crippen LogP contribution in [0, 0.1) is 0 Å². The lowest BCUT2D eigenvalue weighted by Crippen LogP contribution is -1.98. The molecule has 1 unspecified atom stereocenters. The second-order valence-electron chi connectivity index (χ2n) is 5.07. The van der Waals surface area contributed by atoms with Gasteiger partial charge in [0.05, 0.1) is 26.2 Å². The molecule has 3 aromatic rings. The van der Waals surface area contributed by atoms with Crippen molar-refractivity contribution < 1.29 is 14.1 Å². The van der Waals surface area contributed by atoms with Crippen molar-refractivity contribution in [3.05, 3.63) is 41.4 Å². The molecule has 0 saturated carbocycles. The fraction of sp³-hybridized carbons (Fsp3) is 0.188. The number of hydrogen-bond acceptors (Lipinski definition) is 5. The van der Waals surface area contributed by atoms with Gasteiger partial charge in [-0.05, 0) is 48.0 Å². The molecule has 126 valence electrons. The molecule has 2 aromatic heterocycles. The summed E-state index contributed by atoms with van der Waals surface area (Å²) in [4.78, 5) is 14.9. The van der Waals surface area contributed by atoms with Crippen LogP contribution in [-0.4, -0.2) is 26.0 Å². The van der Waals surface area contributed by atoms with Crippen LogP contribution in [0.5, 0.6) is 0 Å². The second-order valence-corrected chi connectivity index (χ2v) is 8.67. The Labute approximate surface area is 150 Å². The molecule has 0 fully saturated rings. The van der Waals surface area contributed by atoms with Gasteiger partial charge >= 0.3 is 5.97 Å². The summed E-state index contributed by atoms with van der Waals surface area (Å²) in [6.07, 6.45) is 0.804. The minimum atomic E-state index is -1.15. The van der Waals surface area contributed by atoms with Gasteiger partial charge < -0.3 is 14.8 Å². The summed E-state index contributed by atoms with van der Waals surface area (Å²) < 4.78 is 16.8. The van der Waals surface area contributed by atoms with Crippen LogP contribution in [0.3, 0.4) is 0 Å². The Morgan fingerprint density at radius 2 is 2.25 bits per heavy atom. The molecule has 24 heavy (non-hydrogen) atoms. The van der Waals surface area contributed by atoms with Gasteiger partial charge in [-0.2, -0.15) is 0 Å². The van der Waals surface area contributed by atoms with E-state index in [0.717, 1.165) is 16.3 Å². The number of aromatic carboxylic acids is 1. The monoisotopic (exact) mass is 380 g/mol. The first-order valence-electron chi connectivity index (χ1n) is 7.34. The van der Waals surface area contributed by atoms with Crippen molar-refractivity contribution in [2.45, 2.75) is 22.4 Å². The lowest BCUT2D eigenvalue weighted by atomic mass is 10.2. The summed E-state index contributed by atoms with van der Waals surface area (Å²) in [5, 5.41) is 11.9. The van der Waals surface area contributed by atoms with Crippen LogP contribution in [0.15, 0.2) is 44.8 Å². The molecule has 8 heteroatoms. The highest BCUT2D eigenvalue weighted by atomic mass is 32.2. The average Bonchev–Trinajstić information content (AvgIpc) is 3.22. The van der Waals surface area contributed by atoms with Crippen LogP contribution in [-0.2, 0) is 10.8 Å². The third-order valence-electron chi connectivity index (χ3n) is 3.38. The van der Waals surface area contributed by atoms with Gasteiger partial charge in [-0.3, -0.25) is 4.21 Å². The molecule has 0 saturated heterocycles. The zero-order valence-corrected chi connectivity index (χ0v) is 15.3. The number of benzene rings is 1. The van der Waals surface area contributed by atoms with E-state index in [1.807, 2.05) is 36.6 Å². The number of anilines is 1. The van der Waals surface area contributed by atoms with Crippen LogP contribution >= 0.6 is 23.3 Å². The maximum Gasteiger partial charge on any atom is 0.352 e. The Balaban J connectivity index is 2.02. The highest BCUT2D eigenvalue weighted by molar-refractivity contribution is 8.02. The number of H-pyrrole nitrogens is 1. The van der Waals surface area contributed by atoms with Crippen molar-refractivity contribution in [2.24, 2.45) is 0 Å². The van der Waals surface area contributed by atoms with Crippen LogP contribution in [0.2, 0.25) is 0 Å². The number of nitrogens with one attached hydrogen (secondary N) is 2. The number of aromatic nitrogens is 1. The molecule has 1 aromatic carbocycles. The number of fused-ring (bicyclic) bond motifs is 1. The van der Waals surface area contributed by atoms with Crippen molar-refractivity contribution in [3.63, 3.8) is 0 Å². The summed E-state index contributed by atoms with van der Waals surface area (Å²) in [6.45, 7) is 1.97. The summed E-state index contributed by atoms with van der Waals surface area (Å²) in [6, 6.07) is 9.18. The fourth-order valence-corrected chi connectivity index (χ4v) is 4.99. The highest BCUT2D eigenvalue weighted by Gasteiger charge is 2.16. The molecule has 0 radical (unpaired) electrons. The Kier molecular flexibility index (Phi) is 5.27. The van der Waals surface area contributed by atoms with Gasteiger partial charge in [0.1, 0.15) is 5.69 Å². The van der Waals surface area contributed by atoms with E-state index in [2.05, 4.69) is 9.71 Å². The molecule has 0 aliphatic carbocycles. The first-order chi connectivity index (χ1) is 11.6. The fourth-order valence-electron chi connectivity index (χ4n) is 2.31. The van der Waals surface area contributed by atoms with Crippen molar-refractivity contribution in [3.8, 4) is 0 Å². The van der Waals surface area contributed by atoms with E-state index in [0.29, 0.717) is 21.6 Å². The summed E-state index contributed by atoms with van der Waals surface area (Å²) >= 11 is 3.08. The van der Waals surface area contributed by atoms with Gasteiger partial charge in [0.2, 0.25) is 0 Å². The molecular formula is C16H16N2O3S3. The van der Waals surface area contributed by atoms with Gasteiger partial charge in [0.15, 0.2) is 0 Å². The van der Waals surface area contributed by atoms with Crippen LogP contribution < -0.4 is 4.72 Å². The smallest absolute Gasteiger partial charge is 0.352 e. The van der Waals surface area contributed by atoms with E-state index in [-0.39, 0.29) is 5.69 Å². The van der Waals surface area contributed by atoms with Crippen molar-refractivity contribution >= 4 is 56.6 Å². The zero-order chi connectivity index (χ0) is 17.1. The van der Waals surface area contributed by atoms with E-state index < -0.39 is 16.8 Å². The lowest BCUT2D eigenvalue weighted by Gasteiger charge is -2.09.